The fourth-order valence-corrected chi connectivity index (χ4v) is 1.48. The Balaban J connectivity index is 2.72. The lowest BCUT2D eigenvalue weighted by atomic mass is 10.2. The third kappa shape index (κ3) is 2.15. The molecule has 0 bridgehead atoms. The Morgan fingerprint density at radius 2 is 1.79 bits per heavy atom. The van der Waals surface area contributed by atoms with Gasteiger partial charge in [0.1, 0.15) is 6.33 Å². The van der Waals surface area contributed by atoms with Gasteiger partial charge in [0.15, 0.2) is 0 Å². The summed E-state index contributed by atoms with van der Waals surface area (Å²) in [7, 11) is 1.12. The fraction of sp³-hybridized carbons (Fsp3) is 0.125. The standard InChI is InChI=1S/C8H6N6O5/c1-19-8-6(13(15)16)2-5(3-7(8)14(17)18)12-4-9-10-11-12/h2-4H,1H3. The second-order valence-electron chi connectivity index (χ2n) is 3.29. The first-order valence-electron chi connectivity index (χ1n) is 4.78. The average molecular weight is 266 g/mol. The summed E-state index contributed by atoms with van der Waals surface area (Å²) in [5, 5.41) is 32.1. The highest BCUT2D eigenvalue weighted by atomic mass is 16.6. The third-order valence-electron chi connectivity index (χ3n) is 2.25. The number of tetrazole rings is 1. The minimum atomic E-state index is -0.778. The van der Waals surface area contributed by atoms with Crippen LogP contribution in [0.1, 0.15) is 0 Å². The summed E-state index contributed by atoms with van der Waals surface area (Å²) in [6, 6.07) is 2.17. The van der Waals surface area contributed by atoms with Crippen LogP contribution in [0.3, 0.4) is 0 Å². The Labute approximate surface area is 104 Å². The molecule has 0 atom stereocenters. The summed E-state index contributed by atoms with van der Waals surface area (Å²) in [6.07, 6.45) is 1.16. The van der Waals surface area contributed by atoms with Crippen molar-refractivity contribution in [2.24, 2.45) is 0 Å². The minimum Gasteiger partial charge on any atom is -0.485 e. The molecule has 1 aromatic carbocycles. The molecular weight excluding hydrogens is 260 g/mol. The van der Waals surface area contributed by atoms with Crippen LogP contribution in [0.25, 0.3) is 5.69 Å². The first kappa shape index (κ1) is 12.3. The summed E-state index contributed by atoms with van der Waals surface area (Å²) in [5.74, 6) is -0.424. The lowest BCUT2D eigenvalue weighted by molar-refractivity contribution is -0.395. The highest BCUT2D eigenvalue weighted by molar-refractivity contribution is 5.65. The lowest BCUT2D eigenvalue weighted by Crippen LogP contribution is -2.03. The molecule has 0 fully saturated rings. The number of methoxy groups -OCH3 is 1. The summed E-state index contributed by atoms with van der Waals surface area (Å²) < 4.78 is 5.80. The van der Waals surface area contributed by atoms with Crippen molar-refractivity contribution in [3.8, 4) is 11.4 Å². The molecule has 1 heterocycles. The van der Waals surface area contributed by atoms with Gasteiger partial charge in [-0.3, -0.25) is 20.2 Å². The quantitative estimate of drug-likeness (QED) is 0.575. The van der Waals surface area contributed by atoms with Gasteiger partial charge in [-0.15, -0.1) is 5.10 Å². The number of ether oxygens (including phenoxy) is 1. The molecule has 0 amide bonds. The Kier molecular flexibility index (Phi) is 3.01. The van der Waals surface area contributed by atoms with E-state index < -0.39 is 27.0 Å². The number of nitro benzene ring substituents is 2. The Hall–Kier alpha value is -3.11. The van der Waals surface area contributed by atoms with Crippen LogP contribution in [-0.4, -0.2) is 37.2 Å². The zero-order valence-electron chi connectivity index (χ0n) is 9.46. The normalized spacial score (nSPS) is 10.2. The predicted molar refractivity (Wildman–Crippen MR) is 59.0 cm³/mol. The molecule has 0 spiro atoms. The zero-order valence-corrected chi connectivity index (χ0v) is 9.46. The van der Waals surface area contributed by atoms with E-state index in [4.69, 9.17) is 4.74 Å². The highest BCUT2D eigenvalue weighted by Crippen LogP contribution is 2.38. The van der Waals surface area contributed by atoms with Crippen molar-refractivity contribution in [2.45, 2.75) is 0 Å². The van der Waals surface area contributed by atoms with Gasteiger partial charge < -0.3 is 4.74 Å². The largest absolute Gasteiger partial charge is 0.485 e. The first-order chi connectivity index (χ1) is 9.04. The lowest BCUT2D eigenvalue weighted by Gasteiger charge is -2.05. The van der Waals surface area contributed by atoms with E-state index in [1.807, 2.05) is 0 Å². The van der Waals surface area contributed by atoms with Crippen LogP contribution in [0.4, 0.5) is 11.4 Å². The molecule has 0 radical (unpaired) electrons. The van der Waals surface area contributed by atoms with Gasteiger partial charge in [0.05, 0.1) is 22.6 Å². The fourth-order valence-electron chi connectivity index (χ4n) is 1.48. The van der Waals surface area contributed by atoms with Crippen molar-refractivity contribution >= 4 is 11.4 Å². The number of benzene rings is 1. The first-order valence-corrected chi connectivity index (χ1v) is 4.78. The van der Waals surface area contributed by atoms with E-state index in [0.717, 1.165) is 30.3 Å². The third-order valence-corrected chi connectivity index (χ3v) is 2.25. The van der Waals surface area contributed by atoms with Gasteiger partial charge in [0.2, 0.25) is 0 Å². The number of hydrogen-bond acceptors (Lipinski definition) is 8. The van der Waals surface area contributed by atoms with Crippen molar-refractivity contribution in [3.05, 3.63) is 38.7 Å². The van der Waals surface area contributed by atoms with Crippen LogP contribution in [0, 0.1) is 20.2 Å². The van der Waals surface area contributed by atoms with Gasteiger partial charge in [-0.25, -0.2) is 4.68 Å². The molecule has 0 saturated carbocycles. The van der Waals surface area contributed by atoms with Crippen LogP contribution < -0.4 is 4.74 Å². The molecule has 0 aliphatic heterocycles. The molecule has 19 heavy (non-hydrogen) atoms. The molecule has 0 saturated heterocycles. The number of hydrogen-bond donors (Lipinski definition) is 0. The molecule has 98 valence electrons. The minimum absolute atomic E-state index is 0.0872. The monoisotopic (exact) mass is 266 g/mol. The van der Waals surface area contributed by atoms with E-state index in [-0.39, 0.29) is 5.69 Å². The molecule has 11 nitrogen and oxygen atoms in total. The SMILES string of the molecule is COc1c([N+](=O)[O-])cc(-n2cnnn2)cc1[N+](=O)[O-]. The summed E-state index contributed by atoms with van der Waals surface area (Å²) in [6.45, 7) is 0. The van der Waals surface area contributed by atoms with Gasteiger partial charge in [0, 0.05) is 12.1 Å². The maximum atomic E-state index is 10.9. The van der Waals surface area contributed by atoms with Gasteiger partial charge >= 0.3 is 11.4 Å². The maximum Gasteiger partial charge on any atom is 0.320 e. The van der Waals surface area contributed by atoms with E-state index in [2.05, 4.69) is 15.5 Å². The van der Waals surface area contributed by atoms with Gasteiger partial charge in [0.25, 0.3) is 5.75 Å². The molecular formula is C8H6N6O5. The zero-order chi connectivity index (χ0) is 14.0. The topological polar surface area (TPSA) is 139 Å². The van der Waals surface area contributed by atoms with Crippen molar-refractivity contribution in [2.75, 3.05) is 7.11 Å². The molecule has 2 aromatic rings. The Morgan fingerprint density at radius 3 is 2.16 bits per heavy atom. The number of nitro groups is 2. The van der Waals surface area contributed by atoms with Gasteiger partial charge in [-0.1, -0.05) is 0 Å². The van der Waals surface area contributed by atoms with E-state index >= 15 is 0 Å². The van der Waals surface area contributed by atoms with Gasteiger partial charge in [-0.05, 0) is 10.4 Å². The van der Waals surface area contributed by atoms with Crippen LogP contribution in [0.15, 0.2) is 18.5 Å². The summed E-state index contributed by atoms with van der Waals surface area (Å²) >= 11 is 0. The molecule has 11 heteroatoms. The maximum absolute atomic E-state index is 10.9. The van der Waals surface area contributed by atoms with E-state index in [1.54, 1.807) is 0 Å². The van der Waals surface area contributed by atoms with Crippen LogP contribution >= 0.6 is 0 Å². The van der Waals surface area contributed by atoms with Crippen molar-refractivity contribution in [1.82, 2.24) is 20.2 Å². The number of rotatable bonds is 4. The summed E-state index contributed by atoms with van der Waals surface area (Å²) in [4.78, 5) is 20.3. The summed E-state index contributed by atoms with van der Waals surface area (Å²) in [5.41, 5.74) is -0.992. The van der Waals surface area contributed by atoms with Crippen molar-refractivity contribution < 1.29 is 14.6 Å². The highest BCUT2D eigenvalue weighted by Gasteiger charge is 2.28. The Bertz CT molecular complexity index is 604. The van der Waals surface area contributed by atoms with Crippen LogP contribution in [0.2, 0.25) is 0 Å². The Morgan fingerprint density at radius 1 is 1.21 bits per heavy atom. The number of nitrogens with zero attached hydrogens (tertiary/aromatic N) is 6. The van der Waals surface area contributed by atoms with E-state index in [1.165, 1.54) is 0 Å². The predicted octanol–water partition coefficient (Wildman–Crippen LogP) is 0.487. The molecule has 0 unspecified atom stereocenters. The van der Waals surface area contributed by atoms with E-state index in [9.17, 15) is 20.2 Å². The molecule has 0 aliphatic carbocycles. The van der Waals surface area contributed by atoms with Gasteiger partial charge in [-0.2, -0.15) is 0 Å². The second kappa shape index (κ2) is 4.64. The van der Waals surface area contributed by atoms with E-state index in [0.29, 0.717) is 0 Å². The van der Waals surface area contributed by atoms with Crippen molar-refractivity contribution in [1.29, 1.82) is 0 Å². The van der Waals surface area contributed by atoms with Crippen LogP contribution in [0.5, 0.6) is 5.75 Å². The molecule has 0 aliphatic rings. The average Bonchev–Trinajstić information content (AvgIpc) is 2.90. The number of aromatic nitrogens is 4. The smallest absolute Gasteiger partial charge is 0.320 e. The molecule has 2 rings (SSSR count). The second-order valence-corrected chi connectivity index (χ2v) is 3.29. The van der Waals surface area contributed by atoms with Crippen molar-refractivity contribution in [3.63, 3.8) is 0 Å². The molecule has 0 N–H and O–H groups in total. The van der Waals surface area contributed by atoms with Crippen LogP contribution in [-0.2, 0) is 0 Å². The molecule has 1 aromatic heterocycles.